The summed E-state index contributed by atoms with van der Waals surface area (Å²) in [7, 11) is 0. The van der Waals surface area contributed by atoms with E-state index in [1.54, 1.807) is 0 Å². The zero-order valence-corrected chi connectivity index (χ0v) is 14.3. The zero-order valence-electron chi connectivity index (χ0n) is 5.66. The Bertz CT molecular complexity index is 83.8. The standard InChI is InChI=1S/C6H10I4/c1-4(8)6(10)2-5(9)3-7/h4-6H,2-3H2,1H3. The molecule has 0 aromatic rings. The zero-order chi connectivity index (χ0) is 8.15. The fourth-order valence-electron chi connectivity index (χ4n) is 0.495. The second kappa shape index (κ2) is 7.34. The van der Waals surface area contributed by atoms with Gasteiger partial charge in [-0.1, -0.05) is 97.3 Å². The van der Waals surface area contributed by atoms with E-state index in [4.69, 9.17) is 0 Å². The molecule has 0 aromatic carbocycles. The molecule has 0 aliphatic rings. The quantitative estimate of drug-likeness (QED) is 0.340. The minimum Gasteiger partial charge on any atom is -0.0852 e. The maximum absolute atomic E-state index is 2.55. The third kappa shape index (κ3) is 6.44. The molecule has 10 heavy (non-hydrogen) atoms. The predicted octanol–water partition coefficient (Wildman–Crippen LogP) is 4.24. The molecule has 0 N–H and O–H groups in total. The van der Waals surface area contributed by atoms with Gasteiger partial charge in [-0.05, 0) is 6.42 Å². The van der Waals surface area contributed by atoms with E-state index in [0.29, 0.717) is 0 Å². The predicted molar refractivity (Wildman–Crippen MR) is 82.6 cm³/mol. The lowest BCUT2D eigenvalue weighted by atomic mass is 10.2. The Morgan fingerprint density at radius 2 is 1.70 bits per heavy atom. The molecule has 0 saturated carbocycles. The third-order valence-corrected chi connectivity index (χ3v) is 8.68. The van der Waals surface area contributed by atoms with Crippen LogP contribution < -0.4 is 0 Å². The van der Waals surface area contributed by atoms with Gasteiger partial charge < -0.3 is 0 Å². The number of halogens is 4. The van der Waals surface area contributed by atoms with Gasteiger partial charge in [-0.15, -0.1) is 0 Å². The first kappa shape index (κ1) is 12.9. The number of hydrogen-bond acceptors (Lipinski definition) is 0. The molecular weight excluding hydrogens is 580 g/mol. The lowest BCUT2D eigenvalue weighted by Crippen LogP contribution is -2.15. The highest BCUT2D eigenvalue weighted by atomic mass is 127. The van der Waals surface area contributed by atoms with Gasteiger partial charge in [-0.2, -0.15) is 0 Å². The van der Waals surface area contributed by atoms with E-state index in [-0.39, 0.29) is 0 Å². The van der Waals surface area contributed by atoms with E-state index in [9.17, 15) is 0 Å². The molecule has 0 saturated heterocycles. The van der Waals surface area contributed by atoms with Crippen molar-refractivity contribution in [2.45, 2.75) is 25.1 Å². The molecule has 0 amide bonds. The smallest absolute Gasteiger partial charge is 0.0235 e. The first-order chi connectivity index (χ1) is 4.57. The Kier molecular flexibility index (Phi) is 9.48. The van der Waals surface area contributed by atoms with E-state index < -0.39 is 0 Å². The minimum atomic E-state index is 0.804. The van der Waals surface area contributed by atoms with E-state index in [1.165, 1.54) is 10.8 Å². The average Bonchev–Trinajstić information content (AvgIpc) is 1.87. The fourth-order valence-corrected chi connectivity index (χ4v) is 3.28. The Morgan fingerprint density at radius 1 is 1.20 bits per heavy atom. The Balaban J connectivity index is 3.46. The lowest BCUT2D eigenvalue weighted by Gasteiger charge is -2.14. The maximum atomic E-state index is 2.55. The van der Waals surface area contributed by atoms with Crippen molar-refractivity contribution in [1.29, 1.82) is 0 Å². The summed E-state index contributed by atoms with van der Waals surface area (Å²) in [4.78, 5) is 0. The van der Waals surface area contributed by atoms with Crippen molar-refractivity contribution in [1.82, 2.24) is 0 Å². The second-order valence-corrected chi connectivity index (χ2v) is 8.39. The molecule has 3 unspecified atom stereocenters. The summed E-state index contributed by atoms with van der Waals surface area (Å²) >= 11 is 10.1. The van der Waals surface area contributed by atoms with Crippen LogP contribution in [0.25, 0.3) is 0 Å². The topological polar surface area (TPSA) is 0 Å². The van der Waals surface area contributed by atoms with Gasteiger partial charge >= 0.3 is 0 Å². The van der Waals surface area contributed by atoms with E-state index in [0.717, 1.165) is 11.8 Å². The first-order valence-corrected chi connectivity index (χ1v) is 8.32. The SMILES string of the molecule is CC(I)C(I)CC(I)CI. The van der Waals surface area contributed by atoms with Crippen molar-refractivity contribution >= 4 is 90.4 Å². The van der Waals surface area contributed by atoms with Crippen LogP contribution in [0.5, 0.6) is 0 Å². The van der Waals surface area contributed by atoms with Gasteiger partial charge in [0.1, 0.15) is 0 Å². The van der Waals surface area contributed by atoms with E-state index in [2.05, 4.69) is 97.3 Å². The highest BCUT2D eigenvalue weighted by Crippen LogP contribution is 2.23. The van der Waals surface area contributed by atoms with Gasteiger partial charge in [0, 0.05) is 16.2 Å². The van der Waals surface area contributed by atoms with Gasteiger partial charge in [0.2, 0.25) is 0 Å². The Hall–Kier alpha value is 2.92. The highest BCUT2D eigenvalue weighted by Gasteiger charge is 2.14. The Morgan fingerprint density at radius 3 is 2.00 bits per heavy atom. The molecular formula is C6H10I4. The molecule has 0 heterocycles. The van der Waals surface area contributed by atoms with E-state index >= 15 is 0 Å². The van der Waals surface area contributed by atoms with Crippen LogP contribution in [0, 0.1) is 0 Å². The molecule has 3 atom stereocenters. The van der Waals surface area contributed by atoms with Crippen LogP contribution in [-0.4, -0.2) is 16.2 Å². The highest BCUT2D eigenvalue weighted by molar-refractivity contribution is 14.1. The maximum Gasteiger partial charge on any atom is 0.0235 e. The van der Waals surface area contributed by atoms with Gasteiger partial charge in [-0.3, -0.25) is 0 Å². The molecule has 62 valence electrons. The van der Waals surface area contributed by atoms with Crippen LogP contribution in [0.4, 0.5) is 0 Å². The van der Waals surface area contributed by atoms with Crippen molar-refractivity contribution in [3.63, 3.8) is 0 Å². The summed E-state index contributed by atoms with van der Waals surface area (Å²) in [5.74, 6) is 0. The second-order valence-electron chi connectivity index (χ2n) is 2.18. The lowest BCUT2D eigenvalue weighted by molar-refractivity contribution is 0.804. The molecule has 0 aliphatic heterocycles. The molecule has 0 aromatic heterocycles. The molecule has 0 bridgehead atoms. The van der Waals surface area contributed by atoms with Crippen LogP contribution in [0.2, 0.25) is 0 Å². The summed E-state index contributed by atoms with van der Waals surface area (Å²) in [5.41, 5.74) is 0. The average molecular weight is 590 g/mol. The molecule has 0 rings (SSSR count). The van der Waals surface area contributed by atoms with Gasteiger partial charge in [0.15, 0.2) is 0 Å². The van der Waals surface area contributed by atoms with Crippen LogP contribution in [0.3, 0.4) is 0 Å². The molecule has 0 radical (unpaired) electrons. The first-order valence-electron chi connectivity index (χ1n) is 3.06. The van der Waals surface area contributed by atoms with Gasteiger partial charge in [-0.25, -0.2) is 0 Å². The molecule has 0 aliphatic carbocycles. The molecule has 0 nitrogen and oxygen atoms in total. The summed E-state index contributed by atoms with van der Waals surface area (Å²) in [5, 5.41) is 0. The normalized spacial score (nSPS) is 20.1. The molecule has 4 heteroatoms. The number of alkyl halides is 4. The van der Waals surface area contributed by atoms with Crippen molar-refractivity contribution in [3.8, 4) is 0 Å². The third-order valence-electron chi connectivity index (χ3n) is 1.15. The Labute approximate surface area is 118 Å². The summed E-state index contributed by atoms with van der Waals surface area (Å²) in [6.45, 7) is 2.29. The van der Waals surface area contributed by atoms with Crippen LogP contribution in [0.15, 0.2) is 0 Å². The number of rotatable bonds is 4. The van der Waals surface area contributed by atoms with Crippen molar-refractivity contribution in [3.05, 3.63) is 0 Å². The van der Waals surface area contributed by atoms with Crippen molar-refractivity contribution < 1.29 is 0 Å². The molecule has 0 spiro atoms. The summed E-state index contributed by atoms with van der Waals surface area (Å²) in [6.07, 6.45) is 1.36. The van der Waals surface area contributed by atoms with Crippen LogP contribution in [0.1, 0.15) is 13.3 Å². The van der Waals surface area contributed by atoms with Gasteiger partial charge in [0.05, 0.1) is 0 Å². The van der Waals surface area contributed by atoms with E-state index in [1.807, 2.05) is 0 Å². The molecule has 0 fully saturated rings. The van der Waals surface area contributed by atoms with Gasteiger partial charge in [0.25, 0.3) is 0 Å². The fraction of sp³-hybridized carbons (Fsp3) is 1.00. The summed E-state index contributed by atoms with van der Waals surface area (Å²) in [6, 6.07) is 0. The van der Waals surface area contributed by atoms with Crippen LogP contribution in [-0.2, 0) is 0 Å². The summed E-state index contributed by atoms with van der Waals surface area (Å²) < 4.78 is 3.78. The number of hydrogen-bond donors (Lipinski definition) is 0. The minimum absolute atomic E-state index is 0.804. The van der Waals surface area contributed by atoms with Crippen molar-refractivity contribution in [2.24, 2.45) is 0 Å². The van der Waals surface area contributed by atoms with Crippen molar-refractivity contribution in [2.75, 3.05) is 4.43 Å². The largest absolute Gasteiger partial charge is 0.0852 e. The van der Waals surface area contributed by atoms with Crippen LogP contribution >= 0.6 is 90.4 Å². The monoisotopic (exact) mass is 590 g/mol.